The summed E-state index contributed by atoms with van der Waals surface area (Å²) in [6, 6.07) is 2.43. The first-order valence-corrected chi connectivity index (χ1v) is 27.1. The second-order valence-electron chi connectivity index (χ2n) is 20.2. The van der Waals surface area contributed by atoms with Crippen molar-refractivity contribution in [1.82, 2.24) is 21.3 Å². The molecule has 16 unspecified atom stereocenters. The number of nitrogens with zero attached hydrogens (tertiary/aromatic N) is 1. The van der Waals surface area contributed by atoms with E-state index in [9.17, 15) is 10.2 Å². The zero-order valence-corrected chi connectivity index (χ0v) is 46.8. The van der Waals surface area contributed by atoms with Gasteiger partial charge in [-0.2, -0.15) is 0 Å². The molecular weight excluding hydrogens is 1090 g/mol. The van der Waals surface area contributed by atoms with Crippen LogP contribution in [0.4, 0.5) is 0 Å². The number of carbonyl (C=O) groups excluding carboxylic acids is 2. The molecule has 6 N–H and O–H groups in total. The van der Waals surface area contributed by atoms with E-state index >= 15 is 0 Å². The van der Waals surface area contributed by atoms with Gasteiger partial charge in [0.25, 0.3) is 0 Å². The largest absolute Gasteiger partial charge is 3.00 e. The molecule has 20 heteroatoms. The summed E-state index contributed by atoms with van der Waals surface area (Å²) in [5, 5.41) is 60.1. The van der Waals surface area contributed by atoms with Gasteiger partial charge in [-0.05, 0) is 76.0 Å². The van der Waals surface area contributed by atoms with Crippen LogP contribution in [-0.2, 0) is 47.5 Å². The molecule has 72 heavy (non-hydrogen) atoms. The van der Waals surface area contributed by atoms with Crippen LogP contribution < -0.4 is 31.5 Å². The van der Waals surface area contributed by atoms with Crippen molar-refractivity contribution in [1.29, 1.82) is 0 Å². The van der Waals surface area contributed by atoms with E-state index < -0.39 is 11.9 Å². The van der Waals surface area contributed by atoms with E-state index in [1.165, 1.54) is 0 Å². The summed E-state index contributed by atoms with van der Waals surface area (Å²) in [5.41, 5.74) is 0. The van der Waals surface area contributed by atoms with Gasteiger partial charge in [-0.3, -0.25) is 0 Å². The van der Waals surface area contributed by atoms with Crippen LogP contribution in [0, 0.1) is 72.4 Å². The molecule has 1 saturated carbocycles. The fourth-order valence-corrected chi connectivity index (χ4v) is 12.1. The summed E-state index contributed by atoms with van der Waals surface area (Å²) in [5.74, 6) is 0.961. The van der Waals surface area contributed by atoms with Gasteiger partial charge in [-0.1, -0.05) is 65.2 Å². The predicted octanol–water partition coefficient (Wildman–Crippen LogP) is 1.04. The van der Waals surface area contributed by atoms with Crippen LogP contribution in [0.5, 0.6) is 0 Å². The molecule has 0 aromatic heterocycles. The minimum absolute atomic E-state index is 0. The normalized spacial score (nSPS) is 33.4. The van der Waals surface area contributed by atoms with Crippen LogP contribution in [0.3, 0.4) is 0 Å². The summed E-state index contributed by atoms with van der Waals surface area (Å²) in [4.78, 5) is 17.8. The summed E-state index contributed by atoms with van der Waals surface area (Å²) in [6.07, 6.45) is 9.59. The SMILES string of the molecule is CC(=O)[O-].CC(=O)[O-].CCC1C2CC3NC(CNC4CC(OCCOCCOCCOC)C(OCCOCCOCCOC)CC4NCC4NC(CC([N-]2)C1CC)C(CCCO)C4C)C(C)C3CCCO.[Lu+3]. The van der Waals surface area contributed by atoms with Crippen molar-refractivity contribution in [2.24, 2.45) is 35.5 Å². The molecular formula is C52H98LuN5O14. The fourth-order valence-electron chi connectivity index (χ4n) is 12.1. The number of methoxy groups -OCH3 is 2. The second-order valence-corrected chi connectivity index (χ2v) is 20.2. The maximum absolute atomic E-state index is 9.98. The third kappa shape index (κ3) is 24.5. The molecule has 430 valence electrons. The quantitative estimate of drug-likeness (QED) is 0.0599. The molecule has 0 amide bonds. The molecule has 1 aliphatic carbocycles. The number of carboxylic acid groups (broad SMARTS) is 2. The number of aliphatic carboxylic acids is 2. The molecule has 4 saturated heterocycles. The number of hydrogen-bond donors (Lipinski definition) is 6. The summed E-state index contributed by atoms with van der Waals surface area (Å²) < 4.78 is 46.5. The van der Waals surface area contributed by atoms with Crippen LogP contribution in [0.15, 0.2) is 0 Å². The number of rotatable bonds is 28. The van der Waals surface area contributed by atoms with Gasteiger partial charge in [0.05, 0.1) is 91.5 Å². The van der Waals surface area contributed by atoms with Crippen molar-refractivity contribution in [2.75, 3.05) is 120 Å². The van der Waals surface area contributed by atoms with E-state index in [1.807, 2.05) is 0 Å². The van der Waals surface area contributed by atoms with Gasteiger partial charge < -0.3 is 94.5 Å². The first kappa shape index (κ1) is 67.7. The minimum atomic E-state index is -1.08. The second kappa shape index (κ2) is 39.9. The fraction of sp³-hybridized carbons (Fsp3) is 0.962. The smallest absolute Gasteiger partial charge is 0.656 e. The average molecular weight is 1190 g/mol. The summed E-state index contributed by atoms with van der Waals surface area (Å²) >= 11 is 0. The topological polar surface area (TPSA) is 257 Å². The Labute approximate surface area is 462 Å². The van der Waals surface area contributed by atoms with Gasteiger partial charge in [0.15, 0.2) is 0 Å². The number of carboxylic acids is 2. The number of hydrogen-bond acceptors (Lipinski definition) is 18. The number of aliphatic hydroxyl groups excluding tert-OH is 2. The van der Waals surface area contributed by atoms with Gasteiger partial charge in [0.2, 0.25) is 0 Å². The minimum Gasteiger partial charge on any atom is -0.656 e. The Hall–Kier alpha value is -0.426. The molecule has 0 aromatic rings. The first-order valence-electron chi connectivity index (χ1n) is 27.1. The Kier molecular flexibility index (Phi) is 37.5. The van der Waals surface area contributed by atoms with Crippen molar-refractivity contribution in [3.8, 4) is 0 Å². The Morgan fingerprint density at radius 1 is 0.528 bits per heavy atom. The van der Waals surface area contributed by atoms with Crippen LogP contribution in [-0.4, -0.2) is 202 Å². The number of fused-ring (bicyclic) bond motifs is 7. The third-order valence-electron chi connectivity index (χ3n) is 15.6. The maximum atomic E-state index is 9.98. The van der Waals surface area contributed by atoms with E-state index in [4.69, 9.17) is 63.0 Å². The summed E-state index contributed by atoms with van der Waals surface area (Å²) in [7, 11) is 3.35. The van der Waals surface area contributed by atoms with Gasteiger partial charge in [0, 0.05) is 88.7 Å². The van der Waals surface area contributed by atoms with Crippen LogP contribution in [0.25, 0.3) is 5.32 Å². The van der Waals surface area contributed by atoms with Crippen molar-refractivity contribution >= 4 is 11.9 Å². The molecule has 19 nitrogen and oxygen atoms in total. The van der Waals surface area contributed by atoms with Gasteiger partial charge >= 0.3 is 36.9 Å². The summed E-state index contributed by atoms with van der Waals surface area (Å²) in [6.45, 7) is 20.0. The van der Waals surface area contributed by atoms with Crippen LogP contribution in [0.1, 0.15) is 106 Å². The molecule has 5 rings (SSSR count). The van der Waals surface area contributed by atoms with Gasteiger partial charge in [0.1, 0.15) is 0 Å². The van der Waals surface area contributed by atoms with Crippen molar-refractivity contribution < 1.29 is 105 Å². The van der Waals surface area contributed by atoms with Crippen molar-refractivity contribution in [2.45, 2.75) is 166 Å². The van der Waals surface area contributed by atoms with Crippen LogP contribution >= 0.6 is 0 Å². The standard InChI is InChI=1S/C48H92N5O10.2C2H4O2.Lu/c1-7-35-36(8-2)40-28-42-38(12-10-14-55)34(4)46(53-42)32-50-44-30-48(63-26-24-61-22-20-59-18-16-57-6)47(62-25-23-60-21-19-58-17-15-56-5)29-43(44)49-31-45-33(3)37(11-9-13-54)41(52-45)27-39(35)51-40;2*1-2(3)4;/h33-50,52-55H,7-32H2,1-6H3;2*1H3,(H,3,4);/q-1;;;+3/p-2. The molecule has 0 spiro atoms. The van der Waals surface area contributed by atoms with Crippen molar-refractivity contribution in [3.05, 3.63) is 5.32 Å². The first-order chi connectivity index (χ1) is 34.3. The molecule has 6 bridgehead atoms. The number of aliphatic hydroxyl groups is 2. The molecule has 4 heterocycles. The Bertz CT molecular complexity index is 1280. The average Bonchev–Trinajstić information content (AvgIpc) is 3.94. The molecule has 0 aromatic carbocycles. The number of nitrogens with one attached hydrogen (secondary N) is 4. The van der Waals surface area contributed by atoms with E-state index in [1.54, 1.807) is 14.2 Å². The zero-order chi connectivity index (χ0) is 52.0. The number of carbonyl (C=O) groups is 2. The monoisotopic (exact) mass is 1190 g/mol. The van der Waals surface area contributed by atoms with E-state index in [-0.39, 0.29) is 74.4 Å². The van der Waals surface area contributed by atoms with E-state index in [2.05, 4.69) is 49.0 Å². The Morgan fingerprint density at radius 2 is 0.861 bits per heavy atom. The molecule has 16 atom stereocenters. The van der Waals surface area contributed by atoms with Gasteiger partial charge in [-0.15, -0.1) is 12.1 Å². The Morgan fingerprint density at radius 3 is 1.18 bits per heavy atom. The molecule has 5 fully saturated rings. The van der Waals surface area contributed by atoms with E-state index in [0.717, 1.165) is 91.1 Å². The third-order valence-corrected chi connectivity index (χ3v) is 15.6. The molecule has 5 aliphatic rings. The van der Waals surface area contributed by atoms with E-state index in [0.29, 0.717) is 151 Å². The predicted molar refractivity (Wildman–Crippen MR) is 268 cm³/mol. The van der Waals surface area contributed by atoms with Crippen molar-refractivity contribution in [3.63, 3.8) is 0 Å². The van der Waals surface area contributed by atoms with Crippen LogP contribution in [0.2, 0.25) is 0 Å². The molecule has 4 aliphatic heterocycles. The van der Waals surface area contributed by atoms with Gasteiger partial charge in [-0.25, -0.2) is 0 Å². The molecule has 0 radical (unpaired) electrons. The maximum Gasteiger partial charge on any atom is 3.00 e. The zero-order valence-electron chi connectivity index (χ0n) is 45.1. The Balaban J connectivity index is 0.00000183. The number of ether oxygens (including phenoxy) is 8.